The highest BCUT2D eigenvalue weighted by molar-refractivity contribution is 6.37. The summed E-state index contributed by atoms with van der Waals surface area (Å²) in [6, 6.07) is 12.8. The molecule has 0 amide bonds. The number of ether oxygens (including phenoxy) is 1. The van der Waals surface area contributed by atoms with Gasteiger partial charge in [-0.1, -0.05) is 41.4 Å². The van der Waals surface area contributed by atoms with Gasteiger partial charge in [-0.2, -0.15) is 0 Å². The van der Waals surface area contributed by atoms with Crippen molar-refractivity contribution in [2.45, 2.75) is 18.9 Å². The number of carbonyl (C=O) groups is 1. The van der Waals surface area contributed by atoms with E-state index in [4.69, 9.17) is 38.8 Å². The second-order valence-corrected chi connectivity index (χ2v) is 7.34. The monoisotopic (exact) mass is 432 g/mol. The highest BCUT2D eigenvalue weighted by Crippen LogP contribution is 2.38. The lowest BCUT2D eigenvalue weighted by atomic mass is 10.1. The lowest BCUT2D eigenvalue weighted by Gasteiger charge is -2.13. The molecular formula is C21H18Cl2N2O4. The fourth-order valence-electron chi connectivity index (χ4n) is 2.79. The Hall–Kier alpha value is -2.80. The molecule has 1 heterocycles. The number of hydrogen-bond donors (Lipinski definition) is 3. The average Bonchev–Trinajstić information content (AvgIpc) is 2.67. The number of carboxylic acid groups (broad SMARTS) is 1. The Morgan fingerprint density at radius 2 is 1.79 bits per heavy atom. The van der Waals surface area contributed by atoms with E-state index in [9.17, 15) is 9.59 Å². The number of aliphatic carboxylic acids is 1. The summed E-state index contributed by atoms with van der Waals surface area (Å²) in [6.07, 6.45) is 2.38. The van der Waals surface area contributed by atoms with Crippen molar-refractivity contribution in [2.75, 3.05) is 0 Å². The fourth-order valence-corrected chi connectivity index (χ4v) is 3.40. The van der Waals surface area contributed by atoms with Gasteiger partial charge in [0.25, 0.3) is 0 Å². The van der Waals surface area contributed by atoms with E-state index in [1.807, 2.05) is 18.2 Å². The zero-order valence-electron chi connectivity index (χ0n) is 15.2. The lowest BCUT2D eigenvalue weighted by Crippen LogP contribution is -2.32. The highest BCUT2D eigenvalue weighted by Gasteiger charge is 2.16. The first-order valence-electron chi connectivity index (χ1n) is 8.72. The molecule has 1 aromatic heterocycles. The minimum Gasteiger partial charge on any atom is -0.480 e. The fraction of sp³-hybridized carbons (Fsp3) is 0.143. The van der Waals surface area contributed by atoms with Gasteiger partial charge in [0.1, 0.15) is 11.8 Å². The number of aromatic amines is 1. The number of hydrogen-bond acceptors (Lipinski definition) is 4. The molecule has 150 valence electrons. The van der Waals surface area contributed by atoms with Gasteiger partial charge < -0.3 is 20.6 Å². The van der Waals surface area contributed by atoms with Gasteiger partial charge in [0.2, 0.25) is 5.56 Å². The van der Waals surface area contributed by atoms with Crippen LogP contribution in [0, 0.1) is 0 Å². The van der Waals surface area contributed by atoms with Gasteiger partial charge >= 0.3 is 5.97 Å². The number of nitrogens with one attached hydrogen (secondary N) is 1. The van der Waals surface area contributed by atoms with Crippen molar-refractivity contribution in [1.82, 2.24) is 4.98 Å². The molecule has 3 aromatic rings. The quantitative estimate of drug-likeness (QED) is 0.522. The topological polar surface area (TPSA) is 105 Å². The molecule has 0 radical (unpaired) electrons. The molecule has 1 atom stereocenters. The number of aromatic nitrogens is 1. The van der Waals surface area contributed by atoms with E-state index in [1.165, 1.54) is 6.07 Å². The maximum absolute atomic E-state index is 11.2. The first-order chi connectivity index (χ1) is 13.8. The average molecular weight is 433 g/mol. The summed E-state index contributed by atoms with van der Waals surface area (Å²) in [5.41, 5.74) is 7.95. The first-order valence-corrected chi connectivity index (χ1v) is 9.48. The van der Waals surface area contributed by atoms with E-state index in [0.29, 0.717) is 17.7 Å². The van der Waals surface area contributed by atoms with E-state index >= 15 is 0 Å². The Labute approximate surface area is 176 Å². The molecule has 6 nitrogen and oxygen atoms in total. The van der Waals surface area contributed by atoms with E-state index in [2.05, 4.69) is 4.98 Å². The van der Waals surface area contributed by atoms with Gasteiger partial charge in [-0.25, -0.2) is 0 Å². The van der Waals surface area contributed by atoms with Gasteiger partial charge in [0.15, 0.2) is 5.75 Å². The van der Waals surface area contributed by atoms with Gasteiger partial charge in [0, 0.05) is 12.3 Å². The van der Waals surface area contributed by atoms with Crippen molar-refractivity contribution in [3.8, 4) is 11.5 Å². The minimum atomic E-state index is -1.10. The molecular weight excluding hydrogens is 415 g/mol. The van der Waals surface area contributed by atoms with Gasteiger partial charge in [-0.3, -0.25) is 9.59 Å². The van der Waals surface area contributed by atoms with Crippen LogP contribution in [0.4, 0.5) is 0 Å². The van der Waals surface area contributed by atoms with Crippen LogP contribution in [-0.4, -0.2) is 22.1 Å². The molecule has 3 rings (SSSR count). The molecule has 0 saturated heterocycles. The zero-order valence-corrected chi connectivity index (χ0v) is 16.7. The number of halogens is 2. The molecule has 0 aliphatic rings. The maximum Gasteiger partial charge on any atom is 0.320 e. The molecule has 0 spiro atoms. The summed E-state index contributed by atoms with van der Waals surface area (Å²) in [6.45, 7) is 0. The van der Waals surface area contributed by atoms with Crippen molar-refractivity contribution >= 4 is 29.2 Å². The Bertz CT molecular complexity index is 1050. The molecule has 4 N–H and O–H groups in total. The van der Waals surface area contributed by atoms with Crippen molar-refractivity contribution < 1.29 is 14.6 Å². The summed E-state index contributed by atoms with van der Waals surface area (Å²) in [5, 5.41) is 9.46. The smallest absolute Gasteiger partial charge is 0.320 e. The van der Waals surface area contributed by atoms with Crippen LogP contribution in [0.2, 0.25) is 10.0 Å². The van der Waals surface area contributed by atoms with Crippen LogP contribution in [0.1, 0.15) is 16.7 Å². The largest absolute Gasteiger partial charge is 0.480 e. The molecule has 0 aliphatic heterocycles. The van der Waals surface area contributed by atoms with Gasteiger partial charge in [-0.15, -0.1) is 0 Å². The second-order valence-electron chi connectivity index (χ2n) is 6.52. The molecule has 0 saturated carbocycles. The Kier molecular flexibility index (Phi) is 6.59. The van der Waals surface area contributed by atoms with Crippen LogP contribution in [0.3, 0.4) is 0 Å². The number of pyridine rings is 1. The lowest BCUT2D eigenvalue weighted by molar-refractivity contribution is -0.138. The third kappa shape index (κ3) is 5.60. The summed E-state index contributed by atoms with van der Waals surface area (Å²) in [7, 11) is 0. The molecule has 0 aliphatic carbocycles. The van der Waals surface area contributed by atoms with Crippen molar-refractivity contribution in [2.24, 2.45) is 5.73 Å². The predicted octanol–water partition coefficient (Wildman–Crippen LogP) is 4.02. The van der Waals surface area contributed by atoms with Crippen molar-refractivity contribution in [3.05, 3.63) is 91.8 Å². The second kappa shape index (κ2) is 9.13. The number of benzene rings is 2. The number of carboxylic acids is 1. The Morgan fingerprint density at radius 1 is 1.07 bits per heavy atom. The molecule has 0 bridgehead atoms. The summed E-state index contributed by atoms with van der Waals surface area (Å²) >= 11 is 12.6. The SMILES string of the molecule is NC(Cc1cc(Cl)c(Oc2cccc(Cc3ccc(=O)[nH]c3)c2)c(Cl)c1)C(=O)O. The molecule has 2 aromatic carbocycles. The van der Waals surface area contributed by atoms with Gasteiger partial charge in [-0.05, 0) is 53.8 Å². The highest BCUT2D eigenvalue weighted by atomic mass is 35.5. The standard InChI is InChI=1S/C21H18Cl2N2O4/c22-16-8-14(10-18(24)21(27)28)9-17(23)20(16)29-15-3-1-2-12(7-15)6-13-4-5-19(26)25-11-13/h1-5,7-9,11,18H,6,10,24H2,(H,25,26)(H,27,28). The molecule has 1 unspecified atom stereocenters. The van der Waals surface area contributed by atoms with E-state index < -0.39 is 12.0 Å². The molecule has 0 fully saturated rings. The minimum absolute atomic E-state index is 0.101. The van der Waals surface area contributed by atoms with Crippen molar-refractivity contribution in [3.63, 3.8) is 0 Å². The third-order valence-electron chi connectivity index (χ3n) is 4.21. The van der Waals surface area contributed by atoms with Crippen LogP contribution < -0.4 is 16.0 Å². The Balaban J connectivity index is 1.78. The summed E-state index contributed by atoms with van der Waals surface area (Å²) in [5.74, 6) is -0.273. The van der Waals surface area contributed by atoms with Crippen LogP contribution in [0.15, 0.2) is 59.5 Å². The van der Waals surface area contributed by atoms with E-state index in [-0.39, 0.29) is 27.8 Å². The number of rotatable bonds is 7. The summed E-state index contributed by atoms with van der Waals surface area (Å²) in [4.78, 5) is 24.8. The van der Waals surface area contributed by atoms with Crippen molar-refractivity contribution in [1.29, 1.82) is 0 Å². The van der Waals surface area contributed by atoms with E-state index in [0.717, 1.165) is 11.1 Å². The normalized spacial score (nSPS) is 11.8. The van der Waals surface area contributed by atoms with Crippen LogP contribution in [-0.2, 0) is 17.6 Å². The molecule has 8 heteroatoms. The van der Waals surface area contributed by atoms with Crippen LogP contribution in [0.5, 0.6) is 11.5 Å². The van der Waals surface area contributed by atoms with Crippen LogP contribution >= 0.6 is 23.2 Å². The molecule has 29 heavy (non-hydrogen) atoms. The Morgan fingerprint density at radius 3 is 2.41 bits per heavy atom. The third-order valence-corrected chi connectivity index (χ3v) is 4.77. The summed E-state index contributed by atoms with van der Waals surface area (Å²) < 4.78 is 5.88. The number of nitrogens with two attached hydrogens (primary N) is 1. The maximum atomic E-state index is 11.2. The first kappa shape index (κ1) is 20.9. The predicted molar refractivity (Wildman–Crippen MR) is 112 cm³/mol. The van der Waals surface area contributed by atoms with Gasteiger partial charge in [0.05, 0.1) is 10.0 Å². The zero-order chi connectivity index (χ0) is 21.0. The number of H-pyrrole nitrogens is 1. The van der Waals surface area contributed by atoms with Crippen LogP contribution in [0.25, 0.3) is 0 Å². The van der Waals surface area contributed by atoms with E-state index in [1.54, 1.807) is 30.5 Å².